The molecule has 6 heteroatoms. The molecule has 0 aliphatic heterocycles. The number of alkyl halides is 2. The summed E-state index contributed by atoms with van der Waals surface area (Å²) in [5.74, 6) is -0.288. The monoisotopic (exact) mass is 235 g/mol. The number of hydrogen-bond acceptors (Lipinski definition) is 2. The standard InChI is InChI=1S/C9H11F2NO2S/c1-12-15(13,14)6-7-3-2-4-8(5-7)9(10)11/h2-5,9,12H,6H2,1H3. The van der Waals surface area contributed by atoms with E-state index in [0.29, 0.717) is 5.56 Å². The molecule has 1 rings (SSSR count). The van der Waals surface area contributed by atoms with E-state index in [4.69, 9.17) is 0 Å². The Hall–Kier alpha value is -1.01. The molecule has 0 saturated heterocycles. The average Bonchev–Trinajstić information content (AvgIpc) is 2.17. The third-order valence-corrected chi connectivity index (χ3v) is 3.21. The van der Waals surface area contributed by atoms with Crippen molar-refractivity contribution in [2.75, 3.05) is 7.05 Å². The molecule has 0 fully saturated rings. The predicted molar refractivity (Wildman–Crippen MR) is 53.1 cm³/mol. The minimum absolute atomic E-state index is 0.168. The van der Waals surface area contributed by atoms with Crippen molar-refractivity contribution >= 4 is 10.0 Å². The lowest BCUT2D eigenvalue weighted by Gasteiger charge is -2.05. The third-order valence-electron chi connectivity index (χ3n) is 1.87. The van der Waals surface area contributed by atoms with Crippen LogP contribution in [0.5, 0.6) is 0 Å². The normalized spacial score (nSPS) is 12.0. The molecule has 0 amide bonds. The van der Waals surface area contributed by atoms with Crippen LogP contribution >= 0.6 is 0 Å². The van der Waals surface area contributed by atoms with Gasteiger partial charge in [0.05, 0.1) is 5.75 Å². The fourth-order valence-corrected chi connectivity index (χ4v) is 1.87. The molecule has 0 aromatic heterocycles. The number of halogens is 2. The van der Waals surface area contributed by atoms with E-state index in [9.17, 15) is 17.2 Å². The Labute approximate surface area is 87.2 Å². The first kappa shape index (κ1) is 12.1. The van der Waals surface area contributed by atoms with Gasteiger partial charge in [-0.05, 0) is 18.7 Å². The van der Waals surface area contributed by atoms with Gasteiger partial charge in [0.15, 0.2) is 0 Å². The van der Waals surface area contributed by atoms with E-state index < -0.39 is 16.4 Å². The van der Waals surface area contributed by atoms with Gasteiger partial charge in [-0.25, -0.2) is 21.9 Å². The quantitative estimate of drug-likeness (QED) is 0.863. The molecule has 0 radical (unpaired) electrons. The smallest absolute Gasteiger partial charge is 0.218 e. The molecule has 15 heavy (non-hydrogen) atoms. The molecule has 1 aromatic carbocycles. The van der Waals surface area contributed by atoms with Crippen molar-refractivity contribution in [3.63, 3.8) is 0 Å². The first-order valence-electron chi connectivity index (χ1n) is 4.23. The zero-order chi connectivity index (χ0) is 11.5. The zero-order valence-electron chi connectivity index (χ0n) is 8.07. The lowest BCUT2D eigenvalue weighted by Crippen LogP contribution is -2.20. The first-order valence-corrected chi connectivity index (χ1v) is 5.88. The molecule has 0 heterocycles. The second-order valence-electron chi connectivity index (χ2n) is 3.01. The summed E-state index contributed by atoms with van der Waals surface area (Å²) in [6, 6.07) is 5.38. The maximum absolute atomic E-state index is 12.3. The van der Waals surface area contributed by atoms with Crippen LogP contribution in [0.15, 0.2) is 24.3 Å². The Balaban J connectivity index is 2.92. The van der Waals surface area contributed by atoms with Crippen molar-refractivity contribution in [2.24, 2.45) is 0 Å². The Bertz CT molecular complexity index is 431. The second-order valence-corrected chi connectivity index (χ2v) is 4.94. The number of rotatable bonds is 4. The molecular formula is C9H11F2NO2S. The van der Waals surface area contributed by atoms with Crippen LogP contribution in [-0.2, 0) is 15.8 Å². The van der Waals surface area contributed by atoms with Crippen molar-refractivity contribution < 1.29 is 17.2 Å². The number of nitrogens with one attached hydrogen (secondary N) is 1. The summed E-state index contributed by atoms with van der Waals surface area (Å²) in [5.41, 5.74) is 0.181. The van der Waals surface area contributed by atoms with E-state index in [-0.39, 0.29) is 11.3 Å². The highest BCUT2D eigenvalue weighted by molar-refractivity contribution is 7.88. The second kappa shape index (κ2) is 4.67. The number of sulfonamides is 1. The van der Waals surface area contributed by atoms with Gasteiger partial charge < -0.3 is 0 Å². The summed E-state index contributed by atoms with van der Waals surface area (Å²) in [4.78, 5) is 0. The van der Waals surface area contributed by atoms with E-state index in [1.165, 1.54) is 31.3 Å². The fraction of sp³-hybridized carbons (Fsp3) is 0.333. The van der Waals surface area contributed by atoms with Gasteiger partial charge in [0.25, 0.3) is 6.43 Å². The third kappa shape index (κ3) is 3.56. The molecule has 0 spiro atoms. The van der Waals surface area contributed by atoms with Crippen LogP contribution in [0.3, 0.4) is 0 Å². The molecular weight excluding hydrogens is 224 g/mol. The van der Waals surface area contributed by atoms with Gasteiger partial charge in [-0.1, -0.05) is 18.2 Å². The van der Waals surface area contributed by atoms with Crippen LogP contribution in [-0.4, -0.2) is 15.5 Å². The molecule has 0 atom stereocenters. The van der Waals surface area contributed by atoms with Crippen molar-refractivity contribution in [1.82, 2.24) is 4.72 Å². The maximum atomic E-state index is 12.3. The highest BCUT2D eigenvalue weighted by Gasteiger charge is 2.11. The van der Waals surface area contributed by atoms with Crippen molar-refractivity contribution in [3.8, 4) is 0 Å². The summed E-state index contributed by atoms with van der Waals surface area (Å²) in [7, 11) is -2.13. The van der Waals surface area contributed by atoms with Crippen LogP contribution in [0, 0.1) is 0 Å². The molecule has 1 aromatic rings. The summed E-state index contributed by atoms with van der Waals surface area (Å²) in [6.07, 6.45) is -2.58. The van der Waals surface area contributed by atoms with Gasteiger partial charge in [0.1, 0.15) is 0 Å². The van der Waals surface area contributed by atoms with Crippen LogP contribution in [0.4, 0.5) is 8.78 Å². The summed E-state index contributed by atoms with van der Waals surface area (Å²) in [6.45, 7) is 0. The maximum Gasteiger partial charge on any atom is 0.263 e. The van der Waals surface area contributed by atoms with E-state index >= 15 is 0 Å². The van der Waals surface area contributed by atoms with Gasteiger partial charge in [0.2, 0.25) is 10.0 Å². The average molecular weight is 235 g/mol. The number of benzene rings is 1. The Morgan fingerprint density at radius 3 is 2.60 bits per heavy atom. The molecule has 0 bridgehead atoms. The molecule has 1 N–H and O–H groups in total. The molecule has 84 valence electrons. The van der Waals surface area contributed by atoms with Gasteiger partial charge in [-0.15, -0.1) is 0 Å². The van der Waals surface area contributed by atoms with E-state index in [2.05, 4.69) is 4.72 Å². The molecule has 0 unspecified atom stereocenters. The fourth-order valence-electron chi connectivity index (χ4n) is 1.11. The highest BCUT2D eigenvalue weighted by atomic mass is 32.2. The molecule has 0 aliphatic carbocycles. The zero-order valence-corrected chi connectivity index (χ0v) is 8.89. The van der Waals surface area contributed by atoms with E-state index in [1.807, 2.05) is 0 Å². The molecule has 0 saturated carbocycles. The van der Waals surface area contributed by atoms with Crippen LogP contribution in [0.25, 0.3) is 0 Å². The lowest BCUT2D eigenvalue weighted by molar-refractivity contribution is 0.151. The Morgan fingerprint density at radius 1 is 1.40 bits per heavy atom. The van der Waals surface area contributed by atoms with Gasteiger partial charge in [-0.2, -0.15) is 0 Å². The molecule has 3 nitrogen and oxygen atoms in total. The van der Waals surface area contributed by atoms with Crippen LogP contribution in [0.1, 0.15) is 17.6 Å². The largest absolute Gasteiger partial charge is 0.263 e. The topological polar surface area (TPSA) is 46.2 Å². The first-order chi connectivity index (χ1) is 6.94. The van der Waals surface area contributed by atoms with Crippen molar-refractivity contribution in [1.29, 1.82) is 0 Å². The minimum atomic E-state index is -3.41. The van der Waals surface area contributed by atoms with Crippen molar-refractivity contribution in [3.05, 3.63) is 35.4 Å². The van der Waals surface area contributed by atoms with E-state index in [0.717, 1.165) is 0 Å². The van der Waals surface area contributed by atoms with Gasteiger partial charge in [0, 0.05) is 5.56 Å². The SMILES string of the molecule is CNS(=O)(=O)Cc1cccc(C(F)F)c1. The van der Waals surface area contributed by atoms with Crippen LogP contribution < -0.4 is 4.72 Å². The van der Waals surface area contributed by atoms with Crippen molar-refractivity contribution in [2.45, 2.75) is 12.2 Å². The van der Waals surface area contributed by atoms with Gasteiger partial charge >= 0.3 is 0 Å². The number of hydrogen-bond donors (Lipinski definition) is 1. The Kier molecular flexibility index (Phi) is 3.76. The van der Waals surface area contributed by atoms with Gasteiger partial charge in [-0.3, -0.25) is 0 Å². The highest BCUT2D eigenvalue weighted by Crippen LogP contribution is 2.20. The van der Waals surface area contributed by atoms with E-state index in [1.54, 1.807) is 0 Å². The van der Waals surface area contributed by atoms with Crippen LogP contribution in [0.2, 0.25) is 0 Å². The predicted octanol–water partition coefficient (Wildman–Crippen LogP) is 1.67. The minimum Gasteiger partial charge on any atom is -0.218 e. The molecule has 0 aliphatic rings. The summed E-state index contributed by atoms with van der Waals surface area (Å²) in [5, 5.41) is 0. The summed E-state index contributed by atoms with van der Waals surface area (Å²) < 4.78 is 49.0. The Morgan fingerprint density at radius 2 is 2.07 bits per heavy atom. The summed E-state index contributed by atoms with van der Waals surface area (Å²) >= 11 is 0. The lowest BCUT2D eigenvalue weighted by atomic mass is 10.1.